The number of aldehydes is 1. The first kappa shape index (κ1) is 13.3. The van der Waals surface area contributed by atoms with Crippen LogP contribution in [-0.2, 0) is 0 Å². The Labute approximate surface area is 120 Å². The van der Waals surface area contributed by atoms with E-state index >= 15 is 0 Å². The van der Waals surface area contributed by atoms with E-state index in [0.717, 1.165) is 11.3 Å². The molecule has 106 valence electrons. The lowest BCUT2D eigenvalue weighted by molar-refractivity contribution is 0.112. The van der Waals surface area contributed by atoms with Crippen molar-refractivity contribution in [3.8, 4) is 16.9 Å². The van der Waals surface area contributed by atoms with Crippen molar-refractivity contribution in [2.75, 3.05) is 0 Å². The zero-order valence-corrected chi connectivity index (χ0v) is 11.6. The fourth-order valence-corrected chi connectivity index (χ4v) is 2.31. The van der Waals surface area contributed by atoms with E-state index in [1.807, 2.05) is 13.0 Å². The standard InChI is InChI=1S/C16H13FN2O2/c1-10-7-13(11(2)21-10)16-12(9-20)8-19(18-16)15-6-4-3-5-14(15)17/h3-9H,1-2H3. The number of carbonyl (C=O) groups excluding carboxylic acids is 1. The smallest absolute Gasteiger partial charge is 0.153 e. The molecule has 2 aromatic heterocycles. The summed E-state index contributed by atoms with van der Waals surface area (Å²) < 4.78 is 20.7. The summed E-state index contributed by atoms with van der Waals surface area (Å²) in [6.45, 7) is 3.63. The van der Waals surface area contributed by atoms with Crippen LogP contribution in [0.3, 0.4) is 0 Å². The molecule has 0 amide bonds. The van der Waals surface area contributed by atoms with Gasteiger partial charge in [-0.3, -0.25) is 4.79 Å². The predicted molar refractivity (Wildman–Crippen MR) is 76.1 cm³/mol. The molecule has 5 heteroatoms. The summed E-state index contributed by atoms with van der Waals surface area (Å²) in [7, 11) is 0. The Hall–Kier alpha value is -2.69. The summed E-state index contributed by atoms with van der Waals surface area (Å²) in [5.41, 5.74) is 1.92. The van der Waals surface area contributed by atoms with Crippen molar-refractivity contribution in [1.29, 1.82) is 0 Å². The second kappa shape index (κ2) is 5.01. The van der Waals surface area contributed by atoms with Gasteiger partial charge in [-0.1, -0.05) is 12.1 Å². The number of nitrogens with zero attached hydrogens (tertiary/aromatic N) is 2. The third-order valence-electron chi connectivity index (χ3n) is 3.26. The Morgan fingerprint density at radius 1 is 1.29 bits per heavy atom. The summed E-state index contributed by atoms with van der Waals surface area (Å²) >= 11 is 0. The van der Waals surface area contributed by atoms with Crippen LogP contribution < -0.4 is 0 Å². The first-order chi connectivity index (χ1) is 10.1. The maximum Gasteiger partial charge on any atom is 0.153 e. The summed E-state index contributed by atoms with van der Waals surface area (Å²) in [6, 6.07) is 8.09. The molecule has 0 bridgehead atoms. The Morgan fingerprint density at radius 3 is 2.67 bits per heavy atom. The average Bonchev–Trinajstić information content (AvgIpc) is 3.02. The van der Waals surface area contributed by atoms with Gasteiger partial charge in [0.1, 0.15) is 28.7 Å². The van der Waals surface area contributed by atoms with Crippen molar-refractivity contribution in [3.05, 3.63) is 59.4 Å². The lowest BCUT2D eigenvalue weighted by atomic mass is 10.1. The van der Waals surface area contributed by atoms with Crippen LogP contribution in [0.2, 0.25) is 0 Å². The summed E-state index contributed by atoms with van der Waals surface area (Å²) in [5.74, 6) is 1.01. The van der Waals surface area contributed by atoms with Crippen LogP contribution >= 0.6 is 0 Å². The summed E-state index contributed by atoms with van der Waals surface area (Å²) in [5, 5.41) is 4.34. The largest absolute Gasteiger partial charge is 0.466 e. The maximum absolute atomic E-state index is 13.8. The van der Waals surface area contributed by atoms with E-state index in [2.05, 4.69) is 5.10 Å². The second-order valence-electron chi connectivity index (χ2n) is 4.77. The lowest BCUT2D eigenvalue weighted by Gasteiger charge is -2.01. The van der Waals surface area contributed by atoms with Crippen LogP contribution in [0.4, 0.5) is 4.39 Å². The van der Waals surface area contributed by atoms with Crippen molar-refractivity contribution < 1.29 is 13.6 Å². The van der Waals surface area contributed by atoms with Gasteiger partial charge in [0.05, 0.1) is 5.56 Å². The highest BCUT2D eigenvalue weighted by molar-refractivity contribution is 5.86. The van der Waals surface area contributed by atoms with Gasteiger partial charge in [-0.15, -0.1) is 0 Å². The molecule has 3 rings (SSSR count). The number of carbonyl (C=O) groups is 1. The minimum absolute atomic E-state index is 0.296. The number of hydrogen-bond acceptors (Lipinski definition) is 3. The molecule has 0 N–H and O–H groups in total. The molecule has 0 aliphatic rings. The SMILES string of the molecule is Cc1cc(-c2nn(-c3ccccc3F)cc2C=O)c(C)o1. The Balaban J connectivity index is 2.18. The van der Waals surface area contributed by atoms with Crippen molar-refractivity contribution in [2.45, 2.75) is 13.8 Å². The minimum Gasteiger partial charge on any atom is -0.466 e. The van der Waals surface area contributed by atoms with E-state index in [-0.39, 0.29) is 0 Å². The summed E-state index contributed by atoms with van der Waals surface area (Å²) in [6.07, 6.45) is 2.23. The van der Waals surface area contributed by atoms with Crippen molar-refractivity contribution in [2.24, 2.45) is 0 Å². The van der Waals surface area contributed by atoms with Crippen LogP contribution in [-0.4, -0.2) is 16.1 Å². The third-order valence-corrected chi connectivity index (χ3v) is 3.26. The van der Waals surface area contributed by atoms with Crippen LogP contribution in [0.15, 0.2) is 40.9 Å². The molecule has 21 heavy (non-hydrogen) atoms. The fraction of sp³-hybridized carbons (Fsp3) is 0.125. The highest BCUT2D eigenvalue weighted by Crippen LogP contribution is 2.28. The first-order valence-corrected chi connectivity index (χ1v) is 6.47. The van der Waals surface area contributed by atoms with E-state index in [0.29, 0.717) is 29.0 Å². The Bertz CT molecular complexity index is 818. The van der Waals surface area contributed by atoms with E-state index in [4.69, 9.17) is 4.42 Å². The van der Waals surface area contributed by atoms with Gasteiger partial charge in [0.2, 0.25) is 0 Å². The van der Waals surface area contributed by atoms with Gasteiger partial charge in [-0.05, 0) is 32.0 Å². The molecule has 2 heterocycles. The molecule has 0 saturated heterocycles. The molecular weight excluding hydrogens is 271 g/mol. The monoisotopic (exact) mass is 284 g/mol. The van der Waals surface area contributed by atoms with Crippen LogP contribution in [0.1, 0.15) is 21.9 Å². The van der Waals surface area contributed by atoms with E-state index in [9.17, 15) is 9.18 Å². The normalized spacial score (nSPS) is 10.8. The lowest BCUT2D eigenvalue weighted by Crippen LogP contribution is -1.98. The first-order valence-electron chi connectivity index (χ1n) is 6.47. The highest BCUT2D eigenvalue weighted by atomic mass is 19.1. The molecule has 0 aliphatic carbocycles. The number of rotatable bonds is 3. The number of aryl methyl sites for hydroxylation is 2. The fourth-order valence-electron chi connectivity index (χ4n) is 2.31. The maximum atomic E-state index is 13.8. The van der Waals surface area contributed by atoms with Gasteiger partial charge >= 0.3 is 0 Å². The van der Waals surface area contributed by atoms with Crippen molar-refractivity contribution in [3.63, 3.8) is 0 Å². The average molecular weight is 284 g/mol. The third kappa shape index (κ3) is 2.27. The van der Waals surface area contributed by atoms with Crippen molar-refractivity contribution in [1.82, 2.24) is 9.78 Å². The molecule has 0 unspecified atom stereocenters. The number of halogens is 1. The molecule has 0 spiro atoms. The van der Waals surface area contributed by atoms with Crippen LogP contribution in [0, 0.1) is 19.7 Å². The zero-order valence-electron chi connectivity index (χ0n) is 11.6. The van der Waals surface area contributed by atoms with Gasteiger partial charge < -0.3 is 4.42 Å². The molecule has 0 atom stereocenters. The van der Waals surface area contributed by atoms with Gasteiger partial charge in [0.25, 0.3) is 0 Å². The van der Waals surface area contributed by atoms with E-state index in [1.165, 1.54) is 16.9 Å². The Morgan fingerprint density at radius 2 is 2.05 bits per heavy atom. The predicted octanol–water partition coefficient (Wildman–Crippen LogP) is 3.70. The second-order valence-corrected chi connectivity index (χ2v) is 4.77. The topological polar surface area (TPSA) is 48.0 Å². The highest BCUT2D eigenvalue weighted by Gasteiger charge is 2.17. The number of benzene rings is 1. The quantitative estimate of drug-likeness (QED) is 0.689. The molecule has 0 aliphatic heterocycles. The number of para-hydroxylation sites is 1. The van der Waals surface area contributed by atoms with Crippen LogP contribution in [0.25, 0.3) is 16.9 Å². The van der Waals surface area contributed by atoms with Crippen LogP contribution in [0.5, 0.6) is 0 Å². The molecule has 4 nitrogen and oxygen atoms in total. The molecule has 0 saturated carbocycles. The molecule has 0 fully saturated rings. The van der Waals surface area contributed by atoms with Gasteiger partial charge in [-0.2, -0.15) is 5.10 Å². The number of aromatic nitrogens is 2. The number of furan rings is 1. The minimum atomic E-state index is -0.399. The van der Waals surface area contributed by atoms with Crippen molar-refractivity contribution >= 4 is 6.29 Å². The number of hydrogen-bond donors (Lipinski definition) is 0. The molecule has 1 aromatic carbocycles. The summed E-state index contributed by atoms with van der Waals surface area (Å²) in [4.78, 5) is 11.3. The Kier molecular flexibility index (Phi) is 3.17. The molecular formula is C16H13FN2O2. The molecule has 3 aromatic rings. The van der Waals surface area contributed by atoms with E-state index < -0.39 is 5.82 Å². The zero-order chi connectivity index (χ0) is 15.0. The van der Waals surface area contributed by atoms with Gasteiger partial charge in [0.15, 0.2) is 6.29 Å². The molecule has 0 radical (unpaired) electrons. The van der Waals surface area contributed by atoms with Gasteiger partial charge in [-0.25, -0.2) is 9.07 Å². The van der Waals surface area contributed by atoms with Gasteiger partial charge in [0, 0.05) is 11.8 Å². The van der Waals surface area contributed by atoms with E-state index in [1.54, 1.807) is 25.1 Å².